The number of ether oxygens (including phenoxy) is 1. The molecule has 1 aromatic rings. The molecule has 3 N–H and O–H groups in total. The van der Waals surface area contributed by atoms with Gasteiger partial charge < -0.3 is 20.3 Å². The minimum atomic E-state index is -1.15. The first-order valence-corrected chi connectivity index (χ1v) is 5.15. The van der Waals surface area contributed by atoms with E-state index in [0.717, 1.165) is 0 Å². The summed E-state index contributed by atoms with van der Waals surface area (Å²) in [5.74, 6) is 0.302. The van der Waals surface area contributed by atoms with Crippen LogP contribution in [0.5, 0.6) is 5.75 Å². The van der Waals surface area contributed by atoms with Crippen LogP contribution in [-0.4, -0.2) is 40.9 Å². The Labute approximate surface area is 99.3 Å². The van der Waals surface area contributed by atoms with Gasteiger partial charge in [-0.25, -0.2) is 0 Å². The fraction of sp³-hybridized carbons (Fsp3) is 0.455. The van der Waals surface area contributed by atoms with Crippen molar-refractivity contribution in [2.75, 3.05) is 13.7 Å². The third kappa shape index (κ3) is 4.01. The number of nitrogens with one attached hydrogen (secondary N) is 1. The molecule has 17 heavy (non-hydrogen) atoms. The van der Waals surface area contributed by atoms with Gasteiger partial charge in [-0.1, -0.05) is 0 Å². The first-order chi connectivity index (χ1) is 8.04. The van der Waals surface area contributed by atoms with Gasteiger partial charge in [0, 0.05) is 13.5 Å². The van der Waals surface area contributed by atoms with Crippen LogP contribution in [0.25, 0.3) is 0 Å². The van der Waals surface area contributed by atoms with Gasteiger partial charge in [0.1, 0.15) is 18.0 Å². The number of hydrogen-bond donors (Lipinski definition) is 3. The zero-order chi connectivity index (χ0) is 12.8. The second kappa shape index (κ2) is 6.17. The summed E-state index contributed by atoms with van der Waals surface area (Å²) in [6.07, 6.45) is -0.795. The number of rotatable bonds is 5. The van der Waals surface area contributed by atoms with E-state index in [-0.39, 0.29) is 12.5 Å². The first-order valence-electron chi connectivity index (χ1n) is 5.15. The minimum Gasteiger partial charge on any atom is -0.495 e. The number of aliphatic hydroxyl groups is 2. The molecule has 0 aromatic carbocycles. The number of pyridine rings is 1. The molecule has 2 unspecified atom stereocenters. The van der Waals surface area contributed by atoms with Crippen LogP contribution in [0.1, 0.15) is 18.7 Å². The standard InChI is InChI=1S/C11H16N2O4/c1-7(14)12-6-10(15)11(16)9-4-3-8(17-2)5-13-9/h3-5,10-11,15-16H,6H2,1-2H3,(H,12,14). The van der Waals surface area contributed by atoms with Crippen molar-refractivity contribution in [2.24, 2.45) is 0 Å². The van der Waals surface area contributed by atoms with Gasteiger partial charge in [-0.15, -0.1) is 0 Å². The van der Waals surface area contributed by atoms with Gasteiger partial charge in [0.05, 0.1) is 19.0 Å². The lowest BCUT2D eigenvalue weighted by Gasteiger charge is -2.17. The zero-order valence-corrected chi connectivity index (χ0v) is 9.75. The van der Waals surface area contributed by atoms with E-state index in [1.807, 2.05) is 0 Å². The Balaban J connectivity index is 2.60. The summed E-state index contributed by atoms with van der Waals surface area (Å²) in [5, 5.41) is 21.8. The number of carbonyl (C=O) groups excluding carboxylic acids is 1. The zero-order valence-electron chi connectivity index (χ0n) is 9.75. The van der Waals surface area contributed by atoms with Crippen molar-refractivity contribution in [1.29, 1.82) is 0 Å². The SMILES string of the molecule is COc1ccc(C(O)C(O)CNC(C)=O)nc1. The Kier molecular flexibility index (Phi) is 4.86. The van der Waals surface area contributed by atoms with E-state index in [1.165, 1.54) is 20.2 Å². The molecule has 0 aliphatic rings. The van der Waals surface area contributed by atoms with Crippen molar-refractivity contribution in [3.63, 3.8) is 0 Å². The molecule has 1 rings (SSSR count). The summed E-state index contributed by atoms with van der Waals surface area (Å²) in [6.45, 7) is 1.31. The van der Waals surface area contributed by atoms with Gasteiger partial charge in [0.15, 0.2) is 0 Å². The van der Waals surface area contributed by atoms with Gasteiger partial charge in [0.2, 0.25) is 5.91 Å². The maximum atomic E-state index is 10.7. The molecule has 94 valence electrons. The van der Waals surface area contributed by atoms with Crippen LogP contribution in [0, 0.1) is 0 Å². The van der Waals surface area contributed by atoms with Gasteiger partial charge in [0.25, 0.3) is 0 Å². The van der Waals surface area contributed by atoms with Crippen LogP contribution in [0.2, 0.25) is 0 Å². The molecule has 1 amide bonds. The summed E-state index contributed by atoms with van der Waals surface area (Å²) in [7, 11) is 1.51. The highest BCUT2D eigenvalue weighted by atomic mass is 16.5. The minimum absolute atomic E-state index is 0.0236. The van der Waals surface area contributed by atoms with Gasteiger partial charge in [-0.05, 0) is 12.1 Å². The predicted molar refractivity (Wildman–Crippen MR) is 60.4 cm³/mol. The van der Waals surface area contributed by atoms with Crippen LogP contribution in [-0.2, 0) is 4.79 Å². The van der Waals surface area contributed by atoms with Crippen molar-refractivity contribution in [2.45, 2.75) is 19.1 Å². The number of aromatic nitrogens is 1. The number of amides is 1. The lowest BCUT2D eigenvalue weighted by atomic mass is 10.1. The highest BCUT2D eigenvalue weighted by Gasteiger charge is 2.19. The summed E-state index contributed by atoms with van der Waals surface area (Å²) in [6, 6.07) is 3.19. The second-order valence-electron chi connectivity index (χ2n) is 3.57. The smallest absolute Gasteiger partial charge is 0.216 e. The molecule has 0 spiro atoms. The molecule has 0 fully saturated rings. The number of hydrogen-bond acceptors (Lipinski definition) is 5. The molecule has 1 aromatic heterocycles. The van der Waals surface area contributed by atoms with E-state index < -0.39 is 12.2 Å². The third-order valence-corrected chi connectivity index (χ3v) is 2.22. The van der Waals surface area contributed by atoms with Crippen LogP contribution in [0.4, 0.5) is 0 Å². The highest BCUT2D eigenvalue weighted by molar-refractivity contribution is 5.72. The van der Waals surface area contributed by atoms with E-state index in [0.29, 0.717) is 11.4 Å². The largest absolute Gasteiger partial charge is 0.495 e. The lowest BCUT2D eigenvalue weighted by Crippen LogP contribution is -2.34. The molecule has 0 aliphatic carbocycles. The fourth-order valence-corrected chi connectivity index (χ4v) is 1.24. The van der Waals surface area contributed by atoms with Gasteiger partial charge >= 0.3 is 0 Å². The topological polar surface area (TPSA) is 91.7 Å². The van der Waals surface area contributed by atoms with Gasteiger partial charge in [-0.2, -0.15) is 0 Å². The Hall–Kier alpha value is -1.66. The molecule has 1 heterocycles. The Morgan fingerprint density at radius 3 is 2.71 bits per heavy atom. The molecule has 0 saturated heterocycles. The number of aliphatic hydroxyl groups excluding tert-OH is 2. The Morgan fingerprint density at radius 1 is 1.53 bits per heavy atom. The van der Waals surface area contributed by atoms with Crippen molar-refractivity contribution in [3.8, 4) is 5.75 Å². The number of carbonyl (C=O) groups is 1. The summed E-state index contributed by atoms with van der Waals surface area (Å²) in [5.41, 5.74) is 0.323. The van der Waals surface area contributed by atoms with Crippen LogP contribution >= 0.6 is 0 Å². The molecule has 6 heteroatoms. The maximum absolute atomic E-state index is 10.7. The van der Waals surface area contributed by atoms with E-state index in [2.05, 4.69) is 10.3 Å². The van der Waals surface area contributed by atoms with Crippen LogP contribution in [0.15, 0.2) is 18.3 Å². The first kappa shape index (κ1) is 13.4. The van der Waals surface area contributed by atoms with E-state index in [9.17, 15) is 15.0 Å². The molecular formula is C11H16N2O4. The Morgan fingerprint density at radius 2 is 2.24 bits per heavy atom. The molecule has 0 bridgehead atoms. The summed E-state index contributed by atoms with van der Waals surface area (Å²) >= 11 is 0. The quantitative estimate of drug-likeness (QED) is 0.652. The van der Waals surface area contributed by atoms with E-state index in [4.69, 9.17) is 4.74 Å². The summed E-state index contributed by atoms with van der Waals surface area (Å²) in [4.78, 5) is 14.6. The average Bonchev–Trinajstić information content (AvgIpc) is 2.35. The number of nitrogens with zero attached hydrogens (tertiary/aromatic N) is 1. The van der Waals surface area contributed by atoms with Crippen LogP contribution < -0.4 is 10.1 Å². The summed E-state index contributed by atoms with van der Waals surface area (Å²) < 4.78 is 4.92. The van der Waals surface area contributed by atoms with Crippen molar-refractivity contribution in [1.82, 2.24) is 10.3 Å². The molecule has 0 saturated carbocycles. The molecule has 6 nitrogen and oxygen atoms in total. The number of methoxy groups -OCH3 is 1. The molecular weight excluding hydrogens is 224 g/mol. The van der Waals surface area contributed by atoms with Gasteiger partial charge in [-0.3, -0.25) is 9.78 Å². The predicted octanol–water partition coefficient (Wildman–Crippen LogP) is -0.379. The monoisotopic (exact) mass is 240 g/mol. The van der Waals surface area contributed by atoms with Crippen LogP contribution in [0.3, 0.4) is 0 Å². The highest BCUT2D eigenvalue weighted by Crippen LogP contribution is 2.16. The maximum Gasteiger partial charge on any atom is 0.216 e. The molecule has 2 atom stereocenters. The normalized spacial score (nSPS) is 13.9. The third-order valence-electron chi connectivity index (χ3n) is 2.22. The Bertz CT molecular complexity index is 366. The molecule has 0 aliphatic heterocycles. The lowest BCUT2D eigenvalue weighted by molar-refractivity contribution is -0.119. The fourth-order valence-electron chi connectivity index (χ4n) is 1.24. The second-order valence-corrected chi connectivity index (χ2v) is 3.57. The van der Waals surface area contributed by atoms with Crippen molar-refractivity contribution >= 4 is 5.91 Å². The van der Waals surface area contributed by atoms with E-state index in [1.54, 1.807) is 12.1 Å². The van der Waals surface area contributed by atoms with E-state index >= 15 is 0 Å². The average molecular weight is 240 g/mol. The van der Waals surface area contributed by atoms with Crippen molar-refractivity contribution in [3.05, 3.63) is 24.0 Å². The van der Waals surface area contributed by atoms with Crippen molar-refractivity contribution < 1.29 is 19.7 Å². The molecule has 0 radical (unpaired) electrons.